The molecule has 0 aromatic heterocycles. The number of aliphatic hydroxyl groups is 1. The van der Waals surface area contributed by atoms with E-state index < -0.39 is 12.0 Å². The van der Waals surface area contributed by atoms with Gasteiger partial charge in [-0.1, -0.05) is 13.8 Å². The van der Waals surface area contributed by atoms with Crippen LogP contribution in [0.2, 0.25) is 0 Å². The molecule has 0 aliphatic rings. The number of rotatable bonds is 7. The highest BCUT2D eigenvalue weighted by Crippen LogP contribution is 2.01. The van der Waals surface area contributed by atoms with Gasteiger partial charge in [0.1, 0.15) is 6.04 Å². The van der Waals surface area contributed by atoms with E-state index >= 15 is 0 Å². The minimum atomic E-state index is -0.806. The highest BCUT2D eigenvalue weighted by atomic mass is 16.4. The Morgan fingerprint density at radius 2 is 2.00 bits per heavy atom. The van der Waals surface area contributed by atoms with Gasteiger partial charge in [-0.15, -0.1) is 0 Å². The maximum atomic E-state index is 10.7. The average molecular weight is 189 g/mol. The van der Waals surface area contributed by atoms with Gasteiger partial charge >= 0.3 is 5.97 Å². The van der Waals surface area contributed by atoms with Crippen LogP contribution in [0.1, 0.15) is 26.7 Å². The maximum Gasteiger partial charge on any atom is 0.320 e. The molecule has 78 valence electrons. The van der Waals surface area contributed by atoms with Crippen molar-refractivity contribution < 1.29 is 15.0 Å². The molecule has 0 saturated carbocycles. The number of nitrogens with one attached hydrogen (secondary N) is 1. The zero-order valence-electron chi connectivity index (χ0n) is 8.29. The van der Waals surface area contributed by atoms with Gasteiger partial charge in [-0.2, -0.15) is 0 Å². The van der Waals surface area contributed by atoms with Crippen molar-refractivity contribution in [3.8, 4) is 0 Å². The maximum absolute atomic E-state index is 10.7. The van der Waals surface area contributed by atoms with Gasteiger partial charge in [0.2, 0.25) is 0 Å². The van der Waals surface area contributed by atoms with Crippen LogP contribution in [0.25, 0.3) is 0 Å². The molecule has 0 aromatic rings. The van der Waals surface area contributed by atoms with E-state index in [9.17, 15) is 4.79 Å². The normalized spacial score (nSPS) is 13.2. The summed E-state index contributed by atoms with van der Waals surface area (Å²) in [6.45, 7) is 4.56. The number of carbonyl (C=O) groups is 1. The highest BCUT2D eigenvalue weighted by molar-refractivity contribution is 5.73. The van der Waals surface area contributed by atoms with Crippen LogP contribution in [-0.4, -0.2) is 35.4 Å². The molecule has 4 nitrogen and oxygen atoms in total. The van der Waals surface area contributed by atoms with E-state index in [1.54, 1.807) is 0 Å². The number of hydrogen-bond acceptors (Lipinski definition) is 3. The first kappa shape index (κ1) is 12.4. The Hall–Kier alpha value is -0.610. The van der Waals surface area contributed by atoms with E-state index in [2.05, 4.69) is 5.32 Å². The van der Waals surface area contributed by atoms with Crippen molar-refractivity contribution in [1.29, 1.82) is 0 Å². The summed E-state index contributed by atoms with van der Waals surface area (Å²) in [5, 5.41) is 20.2. The van der Waals surface area contributed by atoms with Crippen molar-refractivity contribution in [2.24, 2.45) is 5.92 Å². The van der Waals surface area contributed by atoms with Crippen LogP contribution < -0.4 is 5.32 Å². The Bertz CT molecular complexity index is 148. The number of aliphatic carboxylic acids is 1. The second kappa shape index (κ2) is 6.86. The van der Waals surface area contributed by atoms with Crippen molar-refractivity contribution in [2.75, 3.05) is 13.2 Å². The van der Waals surface area contributed by atoms with Crippen LogP contribution in [0, 0.1) is 5.92 Å². The number of carboxylic acid groups (broad SMARTS) is 1. The molecule has 1 unspecified atom stereocenters. The van der Waals surface area contributed by atoms with Gasteiger partial charge in [-0.3, -0.25) is 4.79 Å². The molecule has 0 aliphatic heterocycles. The van der Waals surface area contributed by atoms with Crippen LogP contribution in [0.15, 0.2) is 0 Å². The number of aliphatic hydroxyl groups excluding tert-OH is 1. The molecule has 0 aliphatic carbocycles. The van der Waals surface area contributed by atoms with Gasteiger partial charge in [-0.25, -0.2) is 0 Å². The third-order valence-electron chi connectivity index (χ3n) is 1.88. The topological polar surface area (TPSA) is 69.6 Å². The Morgan fingerprint density at radius 1 is 1.38 bits per heavy atom. The van der Waals surface area contributed by atoms with Crippen LogP contribution in [0.3, 0.4) is 0 Å². The fraction of sp³-hybridized carbons (Fsp3) is 0.889. The smallest absolute Gasteiger partial charge is 0.320 e. The van der Waals surface area contributed by atoms with E-state index in [1.807, 2.05) is 13.8 Å². The molecule has 0 heterocycles. The zero-order chi connectivity index (χ0) is 10.3. The molecular formula is C9H19NO3. The third-order valence-corrected chi connectivity index (χ3v) is 1.88. The van der Waals surface area contributed by atoms with Crippen molar-refractivity contribution >= 4 is 5.97 Å². The van der Waals surface area contributed by atoms with Gasteiger partial charge in [0.15, 0.2) is 0 Å². The molecule has 0 fully saturated rings. The number of hydrogen-bond donors (Lipinski definition) is 3. The van der Waals surface area contributed by atoms with E-state index in [0.29, 0.717) is 6.54 Å². The Kier molecular flexibility index (Phi) is 6.54. The first-order valence-electron chi connectivity index (χ1n) is 4.66. The lowest BCUT2D eigenvalue weighted by molar-refractivity contribution is -0.140. The minimum absolute atomic E-state index is 0.0895. The molecule has 13 heavy (non-hydrogen) atoms. The minimum Gasteiger partial charge on any atom is -0.480 e. The van der Waals surface area contributed by atoms with Crippen molar-refractivity contribution in [2.45, 2.75) is 32.7 Å². The SMILES string of the molecule is CC(C)C(NCCCCO)C(=O)O. The summed E-state index contributed by atoms with van der Waals surface area (Å²) in [6.07, 6.45) is 1.53. The fourth-order valence-electron chi connectivity index (χ4n) is 1.10. The van der Waals surface area contributed by atoms with Crippen molar-refractivity contribution in [3.63, 3.8) is 0 Å². The predicted octanol–water partition coefficient (Wildman–Crippen LogP) is 0.458. The predicted molar refractivity (Wildman–Crippen MR) is 50.6 cm³/mol. The zero-order valence-corrected chi connectivity index (χ0v) is 8.29. The molecule has 0 amide bonds. The molecular weight excluding hydrogens is 170 g/mol. The summed E-state index contributed by atoms with van der Waals surface area (Å²) in [7, 11) is 0. The van der Waals surface area contributed by atoms with Crippen LogP contribution in [0.5, 0.6) is 0 Å². The van der Waals surface area contributed by atoms with Crippen LogP contribution in [0.4, 0.5) is 0 Å². The Labute approximate surface area is 79.0 Å². The Morgan fingerprint density at radius 3 is 2.38 bits per heavy atom. The average Bonchev–Trinajstić information content (AvgIpc) is 2.02. The molecule has 3 N–H and O–H groups in total. The summed E-state index contributed by atoms with van der Waals surface area (Å²) >= 11 is 0. The highest BCUT2D eigenvalue weighted by Gasteiger charge is 2.19. The molecule has 0 saturated heterocycles. The van der Waals surface area contributed by atoms with Crippen LogP contribution in [-0.2, 0) is 4.79 Å². The van der Waals surface area contributed by atoms with Crippen molar-refractivity contribution in [1.82, 2.24) is 5.32 Å². The lowest BCUT2D eigenvalue weighted by atomic mass is 10.0. The summed E-state index contributed by atoms with van der Waals surface area (Å²) in [6, 6.07) is -0.473. The molecule has 1 atom stereocenters. The van der Waals surface area contributed by atoms with Gasteiger partial charge < -0.3 is 15.5 Å². The largest absolute Gasteiger partial charge is 0.480 e. The first-order valence-corrected chi connectivity index (χ1v) is 4.66. The monoisotopic (exact) mass is 189 g/mol. The standard InChI is InChI=1S/C9H19NO3/c1-7(2)8(9(12)13)10-5-3-4-6-11/h7-8,10-11H,3-6H2,1-2H3,(H,12,13). The molecule has 0 spiro atoms. The fourth-order valence-corrected chi connectivity index (χ4v) is 1.10. The molecule has 0 radical (unpaired) electrons. The first-order chi connectivity index (χ1) is 6.09. The Balaban J connectivity index is 3.64. The summed E-state index contributed by atoms with van der Waals surface area (Å²) in [5.41, 5.74) is 0. The second-order valence-electron chi connectivity index (χ2n) is 3.44. The van der Waals surface area contributed by atoms with Gasteiger partial charge in [-0.05, 0) is 25.3 Å². The summed E-state index contributed by atoms with van der Waals surface area (Å²) < 4.78 is 0. The van der Waals surface area contributed by atoms with Crippen LogP contribution >= 0.6 is 0 Å². The molecule has 0 aromatic carbocycles. The van der Waals surface area contributed by atoms with Gasteiger partial charge in [0.25, 0.3) is 0 Å². The summed E-state index contributed by atoms with van der Waals surface area (Å²) in [5.74, 6) is -0.717. The molecule has 0 bridgehead atoms. The number of unbranched alkanes of at least 4 members (excludes halogenated alkanes) is 1. The number of carboxylic acids is 1. The summed E-state index contributed by atoms with van der Waals surface area (Å²) in [4.78, 5) is 10.7. The van der Waals surface area contributed by atoms with Gasteiger partial charge in [0, 0.05) is 6.61 Å². The molecule has 4 heteroatoms. The van der Waals surface area contributed by atoms with E-state index in [-0.39, 0.29) is 12.5 Å². The van der Waals surface area contributed by atoms with Gasteiger partial charge in [0.05, 0.1) is 0 Å². The second-order valence-corrected chi connectivity index (χ2v) is 3.44. The van der Waals surface area contributed by atoms with Crippen molar-refractivity contribution in [3.05, 3.63) is 0 Å². The quantitative estimate of drug-likeness (QED) is 0.509. The third kappa shape index (κ3) is 5.60. The van der Waals surface area contributed by atoms with E-state index in [1.165, 1.54) is 0 Å². The van der Waals surface area contributed by atoms with E-state index in [4.69, 9.17) is 10.2 Å². The van der Waals surface area contributed by atoms with E-state index in [0.717, 1.165) is 12.8 Å². The lowest BCUT2D eigenvalue weighted by Crippen LogP contribution is -2.41. The lowest BCUT2D eigenvalue weighted by Gasteiger charge is -2.17. The molecule has 0 rings (SSSR count).